The molecule has 0 radical (unpaired) electrons. The molecule has 2 aromatic rings. The number of carboxylic acid groups (broad SMARTS) is 1. The van der Waals surface area contributed by atoms with Crippen molar-refractivity contribution in [3.63, 3.8) is 0 Å². The van der Waals surface area contributed by atoms with E-state index in [1.165, 1.54) is 0 Å². The van der Waals surface area contributed by atoms with Gasteiger partial charge in [-0.05, 0) is 55.7 Å². The van der Waals surface area contributed by atoms with E-state index in [1.54, 1.807) is 19.2 Å². The lowest BCUT2D eigenvalue weighted by molar-refractivity contribution is -0.161. The first kappa shape index (κ1) is 18.8. The molecule has 28 heavy (non-hydrogen) atoms. The average molecular weight is 387 g/mol. The van der Waals surface area contributed by atoms with E-state index in [9.17, 15) is 9.59 Å². The first-order chi connectivity index (χ1) is 13.4. The maximum atomic E-state index is 12.5. The highest BCUT2D eigenvalue weighted by Gasteiger charge is 2.49. The van der Waals surface area contributed by atoms with Gasteiger partial charge >= 0.3 is 5.97 Å². The van der Waals surface area contributed by atoms with E-state index in [1.807, 2.05) is 13.0 Å². The number of carbonyl (C=O) groups is 2. The molecule has 1 aliphatic carbocycles. The number of aryl methyl sites for hydroxylation is 1. The molecule has 1 amide bonds. The normalized spacial score (nSPS) is 26.8. The topological polar surface area (TPSA) is 98.0 Å². The highest BCUT2D eigenvalue weighted by molar-refractivity contribution is 5.97. The Morgan fingerprint density at radius 1 is 1.32 bits per heavy atom. The van der Waals surface area contributed by atoms with Crippen molar-refractivity contribution < 1.29 is 28.6 Å². The highest BCUT2D eigenvalue weighted by Crippen LogP contribution is 2.51. The molecule has 150 valence electrons. The number of nitrogens with one attached hydrogen (secondary N) is 1. The lowest BCUT2D eigenvalue weighted by atomic mass is 9.59. The molecule has 1 unspecified atom stereocenters. The van der Waals surface area contributed by atoms with Crippen LogP contribution in [0.3, 0.4) is 0 Å². The molecule has 7 heteroatoms. The Balaban J connectivity index is 1.31. The van der Waals surface area contributed by atoms with Crippen LogP contribution in [0.25, 0.3) is 11.0 Å². The Morgan fingerprint density at radius 3 is 2.75 bits per heavy atom. The molecule has 1 aromatic heterocycles. The molecule has 2 aliphatic rings. The van der Waals surface area contributed by atoms with Gasteiger partial charge in [-0.25, -0.2) is 0 Å². The van der Waals surface area contributed by atoms with Gasteiger partial charge in [0.15, 0.2) is 5.76 Å². The molecule has 2 fully saturated rings. The Labute approximate surface area is 163 Å². The minimum atomic E-state index is -0.710. The van der Waals surface area contributed by atoms with Crippen LogP contribution in [0.5, 0.6) is 5.75 Å². The van der Waals surface area contributed by atoms with Crippen molar-refractivity contribution in [3.8, 4) is 5.75 Å². The number of fused-ring (bicyclic) bond motifs is 1. The van der Waals surface area contributed by atoms with Crippen molar-refractivity contribution >= 4 is 22.8 Å². The third-order valence-electron chi connectivity index (χ3n) is 6.10. The first-order valence-electron chi connectivity index (χ1n) is 9.60. The Hall–Kier alpha value is -2.54. The summed E-state index contributed by atoms with van der Waals surface area (Å²) in [6.45, 7) is 2.93. The monoisotopic (exact) mass is 387 g/mol. The second-order valence-electron chi connectivity index (χ2n) is 8.09. The summed E-state index contributed by atoms with van der Waals surface area (Å²) >= 11 is 0. The maximum Gasteiger partial charge on any atom is 0.306 e. The number of methoxy groups -OCH3 is 1. The number of carboxylic acids is 1. The largest absolute Gasteiger partial charge is 0.497 e. The molecule has 0 bridgehead atoms. The number of benzene rings is 1. The lowest BCUT2D eigenvalue weighted by Crippen LogP contribution is -2.49. The van der Waals surface area contributed by atoms with Gasteiger partial charge < -0.3 is 24.3 Å². The number of hydrogen-bond donors (Lipinski definition) is 2. The third-order valence-corrected chi connectivity index (χ3v) is 6.10. The van der Waals surface area contributed by atoms with Crippen molar-refractivity contribution in [2.24, 2.45) is 11.3 Å². The molecule has 1 atom stereocenters. The standard InChI is InChI=1S/C21H25NO6/c1-12-5-15(26-2)6-17-16(12)7-18(28-17)19(23)22-10-14-3-4-21(11-27-14)8-13(9-21)20(24)25/h5-7,13-14H,3-4,8-11H2,1-2H3,(H,22,23)(H,24,25). The van der Waals surface area contributed by atoms with Gasteiger partial charge in [0.2, 0.25) is 0 Å². The fourth-order valence-corrected chi connectivity index (χ4v) is 4.37. The SMILES string of the molecule is COc1cc(C)c2cc(C(=O)NCC3CCC4(CO3)CC(C(=O)O)C4)oc2c1. The number of amides is 1. The average Bonchev–Trinajstić information content (AvgIpc) is 3.09. The van der Waals surface area contributed by atoms with E-state index in [2.05, 4.69) is 5.32 Å². The van der Waals surface area contributed by atoms with Crippen LogP contribution < -0.4 is 10.1 Å². The molecule has 1 aromatic carbocycles. The molecule has 1 aliphatic heterocycles. The summed E-state index contributed by atoms with van der Waals surface area (Å²) in [7, 11) is 1.59. The van der Waals surface area contributed by atoms with Gasteiger partial charge in [0, 0.05) is 18.0 Å². The second kappa shape index (κ2) is 7.13. The molecule has 4 rings (SSSR count). The number of hydrogen-bond acceptors (Lipinski definition) is 5. The summed E-state index contributed by atoms with van der Waals surface area (Å²) in [6, 6.07) is 5.42. The number of carbonyl (C=O) groups excluding carboxylic acids is 1. The fraction of sp³-hybridized carbons (Fsp3) is 0.524. The molecular formula is C21H25NO6. The third kappa shape index (κ3) is 3.46. The van der Waals surface area contributed by atoms with Crippen molar-refractivity contribution in [1.82, 2.24) is 5.32 Å². The van der Waals surface area contributed by atoms with E-state index in [0.717, 1.165) is 23.8 Å². The first-order valence-corrected chi connectivity index (χ1v) is 9.60. The highest BCUT2D eigenvalue weighted by atomic mass is 16.5. The van der Waals surface area contributed by atoms with E-state index < -0.39 is 5.97 Å². The molecule has 2 N–H and O–H groups in total. The number of rotatable bonds is 5. The molecule has 1 spiro atoms. The van der Waals surface area contributed by atoms with Gasteiger partial charge in [0.1, 0.15) is 11.3 Å². The van der Waals surface area contributed by atoms with Gasteiger partial charge in [-0.2, -0.15) is 0 Å². The molecular weight excluding hydrogens is 362 g/mol. The minimum Gasteiger partial charge on any atom is -0.497 e. The van der Waals surface area contributed by atoms with Gasteiger partial charge in [0.25, 0.3) is 5.91 Å². The Bertz CT molecular complexity index is 901. The van der Waals surface area contributed by atoms with Crippen LogP contribution in [-0.2, 0) is 9.53 Å². The van der Waals surface area contributed by atoms with Crippen LogP contribution in [0.15, 0.2) is 22.6 Å². The predicted molar refractivity (Wildman–Crippen MR) is 102 cm³/mol. The zero-order valence-electron chi connectivity index (χ0n) is 16.1. The van der Waals surface area contributed by atoms with Crippen LogP contribution in [0.1, 0.15) is 41.8 Å². The van der Waals surface area contributed by atoms with Crippen LogP contribution in [0, 0.1) is 18.3 Å². The maximum absolute atomic E-state index is 12.5. The summed E-state index contributed by atoms with van der Waals surface area (Å²) in [5.41, 5.74) is 1.63. The summed E-state index contributed by atoms with van der Waals surface area (Å²) < 4.78 is 16.8. The van der Waals surface area contributed by atoms with E-state index >= 15 is 0 Å². The van der Waals surface area contributed by atoms with Crippen LogP contribution >= 0.6 is 0 Å². The molecule has 7 nitrogen and oxygen atoms in total. The zero-order chi connectivity index (χ0) is 19.9. The van der Waals surface area contributed by atoms with E-state index in [0.29, 0.717) is 37.3 Å². The smallest absolute Gasteiger partial charge is 0.306 e. The summed E-state index contributed by atoms with van der Waals surface area (Å²) in [6.07, 6.45) is 3.11. The van der Waals surface area contributed by atoms with Crippen molar-refractivity contribution in [2.45, 2.75) is 38.7 Å². The predicted octanol–water partition coefficient (Wildman–Crippen LogP) is 3.14. The van der Waals surface area contributed by atoms with Crippen molar-refractivity contribution in [2.75, 3.05) is 20.3 Å². The molecule has 1 saturated carbocycles. The van der Waals surface area contributed by atoms with E-state index in [4.69, 9.17) is 19.0 Å². The van der Waals surface area contributed by atoms with E-state index in [-0.39, 0.29) is 29.1 Å². The Kier molecular flexibility index (Phi) is 4.79. The number of aliphatic carboxylic acids is 1. The van der Waals surface area contributed by atoms with Gasteiger partial charge in [-0.3, -0.25) is 9.59 Å². The second-order valence-corrected chi connectivity index (χ2v) is 8.09. The number of furan rings is 1. The van der Waals surface area contributed by atoms with Crippen molar-refractivity contribution in [1.29, 1.82) is 0 Å². The summed E-state index contributed by atoms with van der Waals surface area (Å²) in [4.78, 5) is 23.5. The lowest BCUT2D eigenvalue weighted by Gasteiger charge is -2.49. The quantitative estimate of drug-likeness (QED) is 0.818. The molecule has 1 saturated heterocycles. The summed E-state index contributed by atoms with van der Waals surface area (Å²) in [5, 5.41) is 12.8. The van der Waals surface area contributed by atoms with Gasteiger partial charge in [-0.15, -0.1) is 0 Å². The molecule has 2 heterocycles. The van der Waals surface area contributed by atoms with Crippen LogP contribution in [0.2, 0.25) is 0 Å². The minimum absolute atomic E-state index is 0.0267. The van der Waals surface area contributed by atoms with Gasteiger partial charge in [0.05, 0.1) is 25.7 Å². The fourth-order valence-electron chi connectivity index (χ4n) is 4.37. The van der Waals surface area contributed by atoms with Gasteiger partial charge in [-0.1, -0.05) is 0 Å². The zero-order valence-corrected chi connectivity index (χ0v) is 16.1. The van der Waals surface area contributed by atoms with Crippen LogP contribution in [0.4, 0.5) is 0 Å². The van der Waals surface area contributed by atoms with Crippen LogP contribution in [-0.4, -0.2) is 43.3 Å². The summed E-state index contributed by atoms with van der Waals surface area (Å²) in [5.74, 6) is -0.249. The number of ether oxygens (including phenoxy) is 2. The Morgan fingerprint density at radius 2 is 2.11 bits per heavy atom. The van der Waals surface area contributed by atoms with Crippen molar-refractivity contribution in [3.05, 3.63) is 29.5 Å².